The first-order valence-electron chi connectivity index (χ1n) is 7.09. The van der Waals surface area contributed by atoms with Crippen LogP contribution >= 0.6 is 11.3 Å². The second kappa shape index (κ2) is 8.51. The maximum atomic E-state index is 5.39. The minimum absolute atomic E-state index is 0.505. The molecule has 19 heavy (non-hydrogen) atoms. The highest BCUT2D eigenvalue weighted by Crippen LogP contribution is 2.26. The van der Waals surface area contributed by atoms with Gasteiger partial charge in [-0.3, -0.25) is 0 Å². The van der Waals surface area contributed by atoms with Crippen molar-refractivity contribution in [2.45, 2.75) is 46.7 Å². The van der Waals surface area contributed by atoms with E-state index in [1.165, 1.54) is 10.6 Å². The van der Waals surface area contributed by atoms with Crippen molar-refractivity contribution in [2.75, 3.05) is 31.7 Å². The normalized spacial score (nSPS) is 11.3. The minimum atomic E-state index is 0.505. The maximum Gasteiger partial charge on any atom is 0.185 e. The fourth-order valence-corrected chi connectivity index (χ4v) is 2.77. The van der Waals surface area contributed by atoms with Gasteiger partial charge in [0.05, 0.1) is 12.3 Å². The third kappa shape index (κ3) is 5.47. The number of hydrogen-bond donors (Lipinski definition) is 1. The van der Waals surface area contributed by atoms with E-state index in [1.54, 1.807) is 11.3 Å². The van der Waals surface area contributed by atoms with Gasteiger partial charge in [0, 0.05) is 37.7 Å². The van der Waals surface area contributed by atoms with E-state index in [-0.39, 0.29) is 0 Å². The molecule has 1 rings (SSSR count). The molecule has 0 radical (unpaired) electrons. The van der Waals surface area contributed by atoms with Gasteiger partial charge in [0.25, 0.3) is 0 Å². The summed E-state index contributed by atoms with van der Waals surface area (Å²) in [5, 5.41) is 4.56. The summed E-state index contributed by atoms with van der Waals surface area (Å²) in [5.74, 6) is 0. The summed E-state index contributed by atoms with van der Waals surface area (Å²) in [4.78, 5) is 8.27. The number of thiazole rings is 1. The Morgan fingerprint density at radius 1 is 1.37 bits per heavy atom. The zero-order chi connectivity index (χ0) is 14.3. The fraction of sp³-hybridized carbons (Fsp3) is 0.786. The van der Waals surface area contributed by atoms with Crippen molar-refractivity contribution in [3.05, 3.63) is 10.6 Å². The molecule has 0 unspecified atom stereocenters. The molecule has 0 aliphatic rings. The molecule has 0 amide bonds. The van der Waals surface area contributed by atoms with E-state index in [1.807, 2.05) is 6.92 Å². The van der Waals surface area contributed by atoms with Crippen LogP contribution in [0.3, 0.4) is 0 Å². The molecule has 0 aromatic carbocycles. The minimum Gasteiger partial charge on any atom is -0.380 e. The van der Waals surface area contributed by atoms with Crippen LogP contribution < -0.4 is 10.2 Å². The molecule has 0 aliphatic carbocycles. The van der Waals surface area contributed by atoms with Crippen LogP contribution in [0.25, 0.3) is 0 Å². The van der Waals surface area contributed by atoms with Gasteiger partial charge in [0.2, 0.25) is 0 Å². The molecule has 0 saturated carbocycles. The Morgan fingerprint density at radius 2 is 2.11 bits per heavy atom. The van der Waals surface area contributed by atoms with E-state index in [4.69, 9.17) is 9.72 Å². The first-order valence-corrected chi connectivity index (χ1v) is 7.90. The van der Waals surface area contributed by atoms with Crippen LogP contribution in [0.1, 0.15) is 38.3 Å². The number of rotatable bonds is 9. The van der Waals surface area contributed by atoms with Crippen molar-refractivity contribution in [1.82, 2.24) is 10.3 Å². The van der Waals surface area contributed by atoms with Crippen molar-refractivity contribution in [3.8, 4) is 0 Å². The molecule has 0 bridgehead atoms. The summed E-state index contributed by atoms with van der Waals surface area (Å²) in [6.07, 6.45) is 0.991. The highest BCUT2D eigenvalue weighted by atomic mass is 32.1. The topological polar surface area (TPSA) is 37.4 Å². The standard InChI is InChI=1S/C14H27N3OS/c1-6-12-13(10-15-11(3)4)19-14(16-12)17(5)8-9-18-7-2/h11,15H,6-10H2,1-5H3. The van der Waals surface area contributed by atoms with E-state index in [9.17, 15) is 0 Å². The van der Waals surface area contributed by atoms with Gasteiger partial charge in [-0.25, -0.2) is 4.98 Å². The number of ether oxygens (including phenoxy) is 1. The first kappa shape index (κ1) is 16.4. The third-order valence-corrected chi connectivity index (χ3v) is 4.09. The van der Waals surface area contributed by atoms with Crippen LogP contribution in [0, 0.1) is 0 Å². The third-order valence-electron chi connectivity index (χ3n) is 2.87. The van der Waals surface area contributed by atoms with Crippen molar-refractivity contribution < 1.29 is 4.74 Å². The summed E-state index contributed by atoms with van der Waals surface area (Å²) >= 11 is 1.79. The zero-order valence-corrected chi connectivity index (χ0v) is 13.6. The Hall–Kier alpha value is -0.650. The Labute approximate surface area is 121 Å². The summed E-state index contributed by atoms with van der Waals surface area (Å²) in [5.41, 5.74) is 1.22. The molecule has 5 heteroatoms. The highest BCUT2D eigenvalue weighted by Gasteiger charge is 2.12. The average molecular weight is 285 g/mol. The van der Waals surface area contributed by atoms with Crippen LogP contribution in [0.4, 0.5) is 5.13 Å². The smallest absolute Gasteiger partial charge is 0.185 e. The lowest BCUT2D eigenvalue weighted by Gasteiger charge is -2.15. The largest absolute Gasteiger partial charge is 0.380 e. The number of nitrogens with one attached hydrogen (secondary N) is 1. The van der Waals surface area contributed by atoms with Gasteiger partial charge in [-0.05, 0) is 13.3 Å². The van der Waals surface area contributed by atoms with E-state index in [0.29, 0.717) is 6.04 Å². The second-order valence-corrected chi connectivity index (χ2v) is 5.94. The predicted molar refractivity (Wildman–Crippen MR) is 83.2 cm³/mol. The van der Waals surface area contributed by atoms with Gasteiger partial charge in [-0.15, -0.1) is 11.3 Å². The SMILES string of the molecule is CCOCCN(C)c1nc(CC)c(CNC(C)C)s1. The summed E-state index contributed by atoms with van der Waals surface area (Å²) in [6.45, 7) is 11.9. The summed E-state index contributed by atoms with van der Waals surface area (Å²) < 4.78 is 5.39. The second-order valence-electron chi connectivity index (χ2n) is 4.87. The van der Waals surface area contributed by atoms with Gasteiger partial charge in [0.1, 0.15) is 0 Å². The molecule has 4 nitrogen and oxygen atoms in total. The van der Waals surface area contributed by atoms with Crippen LogP contribution in [-0.2, 0) is 17.7 Å². The monoisotopic (exact) mass is 285 g/mol. The molecule has 0 spiro atoms. The van der Waals surface area contributed by atoms with Crippen molar-refractivity contribution in [2.24, 2.45) is 0 Å². The van der Waals surface area contributed by atoms with Gasteiger partial charge >= 0.3 is 0 Å². The molecule has 0 aliphatic heterocycles. The maximum absolute atomic E-state index is 5.39. The van der Waals surface area contributed by atoms with Crippen LogP contribution in [0.2, 0.25) is 0 Å². The van der Waals surface area contributed by atoms with Gasteiger partial charge in [0.15, 0.2) is 5.13 Å². The van der Waals surface area contributed by atoms with E-state index in [0.717, 1.165) is 37.9 Å². The quantitative estimate of drug-likeness (QED) is 0.708. The van der Waals surface area contributed by atoms with Crippen LogP contribution in [0.15, 0.2) is 0 Å². The Kier molecular flexibility index (Phi) is 7.34. The lowest BCUT2D eigenvalue weighted by atomic mass is 10.3. The number of hydrogen-bond acceptors (Lipinski definition) is 5. The molecule has 0 atom stereocenters. The first-order chi connectivity index (χ1) is 9.08. The van der Waals surface area contributed by atoms with Crippen LogP contribution in [-0.4, -0.2) is 37.8 Å². The van der Waals surface area contributed by atoms with Crippen LogP contribution in [0.5, 0.6) is 0 Å². The molecular weight excluding hydrogens is 258 g/mol. The fourth-order valence-electron chi connectivity index (χ4n) is 1.69. The number of likely N-dealkylation sites (N-methyl/N-ethyl adjacent to an activating group) is 1. The molecule has 1 heterocycles. The van der Waals surface area contributed by atoms with Gasteiger partial charge in [-0.2, -0.15) is 0 Å². The number of aromatic nitrogens is 1. The lowest BCUT2D eigenvalue weighted by Crippen LogP contribution is -2.22. The van der Waals surface area contributed by atoms with Crippen molar-refractivity contribution >= 4 is 16.5 Å². The van der Waals surface area contributed by atoms with E-state index < -0.39 is 0 Å². The van der Waals surface area contributed by atoms with Gasteiger partial charge in [-0.1, -0.05) is 20.8 Å². The molecule has 0 saturated heterocycles. The molecule has 1 N–H and O–H groups in total. The Morgan fingerprint density at radius 3 is 2.68 bits per heavy atom. The Balaban J connectivity index is 2.63. The highest BCUT2D eigenvalue weighted by molar-refractivity contribution is 7.15. The van der Waals surface area contributed by atoms with Crippen molar-refractivity contribution in [3.63, 3.8) is 0 Å². The van der Waals surface area contributed by atoms with Crippen molar-refractivity contribution in [1.29, 1.82) is 0 Å². The molecule has 110 valence electrons. The lowest BCUT2D eigenvalue weighted by molar-refractivity contribution is 0.154. The predicted octanol–water partition coefficient (Wildman–Crippen LogP) is 2.68. The molecule has 1 aromatic heterocycles. The zero-order valence-electron chi connectivity index (χ0n) is 12.8. The molecule has 1 aromatic rings. The van der Waals surface area contributed by atoms with E-state index >= 15 is 0 Å². The molecule has 0 fully saturated rings. The number of anilines is 1. The average Bonchev–Trinajstić information content (AvgIpc) is 2.79. The summed E-state index contributed by atoms with van der Waals surface area (Å²) in [7, 11) is 2.08. The van der Waals surface area contributed by atoms with E-state index in [2.05, 4.69) is 38.0 Å². The summed E-state index contributed by atoms with van der Waals surface area (Å²) in [6, 6.07) is 0.505. The van der Waals surface area contributed by atoms with Gasteiger partial charge < -0.3 is 15.0 Å². The Bertz CT molecular complexity index is 366. The number of nitrogens with zero attached hydrogens (tertiary/aromatic N) is 2. The number of aryl methyl sites for hydroxylation is 1. The molecular formula is C14H27N3OS.